The number of carbonyl (C=O) groups excluding carboxylic acids is 1. The minimum absolute atomic E-state index is 0.0630. The highest BCUT2D eigenvalue weighted by molar-refractivity contribution is 7.98. The molecule has 0 fully saturated rings. The molecule has 2 aromatic rings. The maximum atomic E-state index is 12.3. The van der Waals surface area contributed by atoms with Gasteiger partial charge in [-0.3, -0.25) is 0 Å². The Morgan fingerprint density at radius 2 is 1.64 bits per heavy atom. The lowest BCUT2D eigenvalue weighted by atomic mass is 10.1. The molecule has 0 radical (unpaired) electrons. The second kappa shape index (κ2) is 9.49. The zero-order chi connectivity index (χ0) is 18.2. The van der Waals surface area contributed by atoms with Crippen LogP contribution in [0.1, 0.15) is 16.7 Å². The van der Waals surface area contributed by atoms with Crippen molar-refractivity contribution in [3.05, 3.63) is 65.2 Å². The number of carbonyl (C=O) groups is 1. The maximum absolute atomic E-state index is 12.3. The van der Waals surface area contributed by atoms with Crippen LogP contribution in [0.15, 0.2) is 53.4 Å². The van der Waals surface area contributed by atoms with Crippen LogP contribution in [0.4, 0.5) is 4.79 Å². The van der Waals surface area contributed by atoms with Crippen molar-refractivity contribution < 1.29 is 4.79 Å². The standard InChI is InChI=1S/C20H27N3OS/c1-22(2)14-18-7-5-6-17(12-18)13-21-20(24)23(3)15-16-8-10-19(25-4)11-9-16/h5-12H,13-15H2,1-4H3,(H,21,24). The summed E-state index contributed by atoms with van der Waals surface area (Å²) in [6.07, 6.45) is 2.06. The third-order valence-electron chi connectivity index (χ3n) is 3.86. The average Bonchev–Trinajstić information content (AvgIpc) is 2.60. The molecule has 134 valence electrons. The highest BCUT2D eigenvalue weighted by Crippen LogP contribution is 2.15. The summed E-state index contributed by atoms with van der Waals surface area (Å²) < 4.78 is 0. The van der Waals surface area contributed by atoms with E-state index < -0.39 is 0 Å². The Bertz CT molecular complexity index is 686. The highest BCUT2D eigenvalue weighted by Gasteiger charge is 2.09. The van der Waals surface area contributed by atoms with Crippen molar-refractivity contribution in [2.24, 2.45) is 0 Å². The van der Waals surface area contributed by atoms with Crippen LogP contribution in [0, 0.1) is 0 Å². The van der Waals surface area contributed by atoms with Crippen molar-refractivity contribution in [2.75, 3.05) is 27.4 Å². The third kappa shape index (κ3) is 6.44. The molecule has 2 rings (SSSR count). The molecule has 0 saturated carbocycles. The number of hydrogen-bond acceptors (Lipinski definition) is 3. The molecule has 5 heteroatoms. The Kier molecular flexibility index (Phi) is 7.34. The van der Waals surface area contributed by atoms with E-state index in [1.807, 2.05) is 19.2 Å². The molecule has 0 bridgehead atoms. The minimum Gasteiger partial charge on any atom is -0.334 e. The van der Waals surface area contributed by atoms with Crippen molar-refractivity contribution in [1.82, 2.24) is 15.1 Å². The van der Waals surface area contributed by atoms with Gasteiger partial charge >= 0.3 is 6.03 Å². The molecular formula is C20H27N3OS. The first-order valence-electron chi connectivity index (χ1n) is 8.32. The van der Waals surface area contributed by atoms with E-state index in [1.165, 1.54) is 10.5 Å². The predicted molar refractivity (Wildman–Crippen MR) is 106 cm³/mol. The van der Waals surface area contributed by atoms with E-state index in [-0.39, 0.29) is 6.03 Å². The van der Waals surface area contributed by atoms with Crippen LogP contribution in [0.3, 0.4) is 0 Å². The molecule has 4 nitrogen and oxygen atoms in total. The summed E-state index contributed by atoms with van der Waals surface area (Å²) in [6, 6.07) is 16.6. The van der Waals surface area contributed by atoms with Gasteiger partial charge < -0.3 is 15.1 Å². The molecule has 0 aliphatic rings. The highest BCUT2D eigenvalue weighted by atomic mass is 32.2. The van der Waals surface area contributed by atoms with Gasteiger partial charge in [-0.15, -0.1) is 11.8 Å². The fraction of sp³-hybridized carbons (Fsp3) is 0.350. The number of nitrogens with one attached hydrogen (secondary N) is 1. The first-order valence-corrected chi connectivity index (χ1v) is 9.55. The summed E-state index contributed by atoms with van der Waals surface area (Å²) in [6.45, 7) is 2.03. The maximum Gasteiger partial charge on any atom is 0.317 e. The zero-order valence-electron chi connectivity index (χ0n) is 15.5. The van der Waals surface area contributed by atoms with E-state index in [1.54, 1.807) is 16.7 Å². The average molecular weight is 358 g/mol. The summed E-state index contributed by atoms with van der Waals surface area (Å²) in [5.74, 6) is 0. The lowest BCUT2D eigenvalue weighted by Crippen LogP contribution is -2.36. The Morgan fingerprint density at radius 1 is 0.960 bits per heavy atom. The van der Waals surface area contributed by atoms with E-state index >= 15 is 0 Å². The van der Waals surface area contributed by atoms with E-state index in [0.717, 1.165) is 17.7 Å². The van der Waals surface area contributed by atoms with Crippen LogP contribution in [-0.4, -0.2) is 43.2 Å². The van der Waals surface area contributed by atoms with Gasteiger partial charge in [-0.25, -0.2) is 4.79 Å². The van der Waals surface area contributed by atoms with Crippen molar-refractivity contribution >= 4 is 17.8 Å². The molecule has 0 aliphatic carbocycles. The molecule has 0 saturated heterocycles. The Balaban J connectivity index is 1.86. The topological polar surface area (TPSA) is 35.6 Å². The lowest BCUT2D eigenvalue weighted by molar-refractivity contribution is 0.206. The van der Waals surface area contributed by atoms with Crippen molar-refractivity contribution in [1.29, 1.82) is 0 Å². The van der Waals surface area contributed by atoms with Crippen LogP contribution >= 0.6 is 11.8 Å². The molecule has 0 atom stereocenters. The fourth-order valence-electron chi connectivity index (χ4n) is 2.59. The first-order chi connectivity index (χ1) is 12.0. The molecule has 2 amide bonds. The van der Waals surface area contributed by atoms with Crippen molar-refractivity contribution in [3.63, 3.8) is 0 Å². The molecule has 1 N–H and O–H groups in total. The van der Waals surface area contributed by atoms with Gasteiger partial charge in [0.1, 0.15) is 0 Å². The van der Waals surface area contributed by atoms with Crippen LogP contribution in [0.2, 0.25) is 0 Å². The number of rotatable bonds is 7. The van der Waals surface area contributed by atoms with Gasteiger partial charge in [0, 0.05) is 31.6 Å². The normalized spacial score (nSPS) is 10.8. The minimum atomic E-state index is -0.0630. The Hall–Kier alpha value is -1.98. The van der Waals surface area contributed by atoms with Gasteiger partial charge in [0.25, 0.3) is 0 Å². The molecule has 25 heavy (non-hydrogen) atoms. The quantitative estimate of drug-likeness (QED) is 0.766. The van der Waals surface area contributed by atoms with Crippen molar-refractivity contribution in [2.45, 2.75) is 24.5 Å². The Labute approximate surface area is 155 Å². The van der Waals surface area contributed by atoms with Crippen LogP contribution in [0.25, 0.3) is 0 Å². The summed E-state index contributed by atoms with van der Waals surface area (Å²) in [5, 5.41) is 2.99. The second-order valence-corrected chi connectivity index (χ2v) is 7.30. The second-order valence-electron chi connectivity index (χ2n) is 6.42. The van der Waals surface area contributed by atoms with Gasteiger partial charge in [-0.05, 0) is 49.2 Å². The van der Waals surface area contributed by atoms with Gasteiger partial charge in [-0.1, -0.05) is 36.4 Å². The van der Waals surface area contributed by atoms with E-state index in [4.69, 9.17) is 0 Å². The SMILES string of the molecule is CSc1ccc(CN(C)C(=O)NCc2cccc(CN(C)C)c2)cc1. The molecule has 0 heterocycles. The first kappa shape index (κ1) is 19.3. The number of thioether (sulfide) groups is 1. The van der Waals surface area contributed by atoms with Gasteiger partial charge in [0.15, 0.2) is 0 Å². The van der Waals surface area contributed by atoms with Crippen LogP contribution in [-0.2, 0) is 19.6 Å². The number of urea groups is 1. The fourth-order valence-corrected chi connectivity index (χ4v) is 3.00. The number of hydrogen-bond donors (Lipinski definition) is 1. The van der Waals surface area contributed by atoms with Crippen molar-refractivity contribution in [3.8, 4) is 0 Å². The molecule has 2 aromatic carbocycles. The largest absolute Gasteiger partial charge is 0.334 e. The number of amides is 2. The van der Waals surface area contributed by atoms with Gasteiger partial charge in [-0.2, -0.15) is 0 Å². The third-order valence-corrected chi connectivity index (χ3v) is 4.60. The number of benzene rings is 2. The molecular weight excluding hydrogens is 330 g/mol. The smallest absolute Gasteiger partial charge is 0.317 e. The van der Waals surface area contributed by atoms with Gasteiger partial charge in [0.05, 0.1) is 0 Å². The summed E-state index contributed by atoms with van der Waals surface area (Å²) in [4.78, 5) is 17.4. The molecule has 0 aromatic heterocycles. The van der Waals surface area contributed by atoms with E-state index in [9.17, 15) is 4.79 Å². The monoisotopic (exact) mass is 357 g/mol. The molecule has 0 aliphatic heterocycles. The van der Waals surface area contributed by atoms with E-state index in [2.05, 4.69) is 67.0 Å². The van der Waals surface area contributed by atoms with Gasteiger partial charge in [0.2, 0.25) is 0 Å². The summed E-state index contributed by atoms with van der Waals surface area (Å²) in [5.41, 5.74) is 3.49. The lowest BCUT2D eigenvalue weighted by Gasteiger charge is -2.18. The Morgan fingerprint density at radius 3 is 2.28 bits per heavy atom. The number of nitrogens with zero attached hydrogens (tertiary/aromatic N) is 2. The van der Waals surface area contributed by atoms with Crippen LogP contribution < -0.4 is 5.32 Å². The molecule has 0 spiro atoms. The van der Waals surface area contributed by atoms with Crippen LogP contribution in [0.5, 0.6) is 0 Å². The summed E-state index contributed by atoms with van der Waals surface area (Å²) in [7, 11) is 5.92. The molecule has 0 unspecified atom stereocenters. The summed E-state index contributed by atoms with van der Waals surface area (Å²) >= 11 is 1.72. The zero-order valence-corrected chi connectivity index (χ0v) is 16.3. The predicted octanol–water partition coefficient (Wildman–Crippen LogP) is 3.81. The van der Waals surface area contributed by atoms with E-state index in [0.29, 0.717) is 13.1 Å².